The van der Waals surface area contributed by atoms with E-state index < -0.39 is 0 Å². The summed E-state index contributed by atoms with van der Waals surface area (Å²) in [5, 5.41) is 0. The molecule has 2 aliphatic carbocycles. The number of hydrogen-bond donors (Lipinski definition) is 0. The van der Waals surface area contributed by atoms with Gasteiger partial charge in [0.05, 0.1) is 13.2 Å². The summed E-state index contributed by atoms with van der Waals surface area (Å²) in [6, 6.07) is 9.59. The molecule has 44 heavy (non-hydrogen) atoms. The molecule has 0 heterocycles. The Hall–Kier alpha value is -2.40. The van der Waals surface area contributed by atoms with E-state index in [9.17, 15) is 9.59 Å². The van der Waals surface area contributed by atoms with E-state index in [0.717, 1.165) is 36.5 Å². The molecule has 0 saturated heterocycles. The number of unbranched alkanes of at least 4 members (excludes halogenated alkanes) is 2. The molecule has 0 spiro atoms. The van der Waals surface area contributed by atoms with Gasteiger partial charge in [-0.25, -0.2) is 9.59 Å². The fourth-order valence-electron chi connectivity index (χ4n) is 7.38. The largest absolute Gasteiger partial charge is 0.462 e. The van der Waals surface area contributed by atoms with E-state index in [-0.39, 0.29) is 31.1 Å². The number of carbonyl (C=O) groups excluding carboxylic acids is 2. The summed E-state index contributed by atoms with van der Waals surface area (Å²) < 4.78 is 11.0. The fraction of sp³-hybridized carbons (Fsp3) is 0.692. The second-order valence-electron chi connectivity index (χ2n) is 14.2. The quantitative estimate of drug-likeness (QED) is 0.0947. The Labute approximate surface area is 268 Å². The fourth-order valence-corrected chi connectivity index (χ4v) is 7.38. The monoisotopic (exact) mass is 607 g/mol. The van der Waals surface area contributed by atoms with Crippen molar-refractivity contribution in [3.05, 3.63) is 59.7 Å². The van der Waals surface area contributed by atoms with Gasteiger partial charge in [0.1, 0.15) is 0 Å². The summed E-state index contributed by atoms with van der Waals surface area (Å²) in [5.74, 6) is 2.55. The lowest BCUT2D eigenvalue weighted by Crippen LogP contribution is -2.26. The number of aryl methyl sites for hydroxylation is 1. The maximum absolute atomic E-state index is 12.4. The Morgan fingerprint density at radius 2 is 1.43 bits per heavy atom. The minimum Gasteiger partial charge on any atom is -0.462 e. The number of likely N-dealkylation sites (N-methyl/N-ethyl adjacent to an activating group) is 1. The standard InChI is InChI=1S/C39H61NO4/c1-7-8-9-11-31-14-18-34(19-15-31)36-22-24-37(25-23-36)35-20-16-32(17-21-35)12-10-13-33(27-43-38(41)29(2)3)28-44-39(42)30(4)26-40(5)6/h14-15,18-19,32-33,35-37H,2,4,7-13,16-17,20-28H2,1,3,5-6H3. The smallest absolute Gasteiger partial charge is 0.334 e. The van der Waals surface area contributed by atoms with Crippen LogP contribution in [0.2, 0.25) is 0 Å². The van der Waals surface area contributed by atoms with Crippen LogP contribution >= 0.6 is 0 Å². The van der Waals surface area contributed by atoms with Crippen LogP contribution in [0.1, 0.15) is 121 Å². The number of hydrogen-bond acceptors (Lipinski definition) is 5. The second-order valence-corrected chi connectivity index (χ2v) is 14.2. The molecule has 2 saturated carbocycles. The zero-order valence-electron chi connectivity index (χ0n) is 28.4. The summed E-state index contributed by atoms with van der Waals surface area (Å²) in [6.45, 7) is 12.4. The maximum Gasteiger partial charge on any atom is 0.334 e. The zero-order chi connectivity index (χ0) is 31.9. The van der Waals surface area contributed by atoms with Gasteiger partial charge in [0.2, 0.25) is 0 Å². The first kappa shape index (κ1) is 36.1. The average molecular weight is 608 g/mol. The predicted molar refractivity (Wildman–Crippen MR) is 182 cm³/mol. The first-order valence-electron chi connectivity index (χ1n) is 17.6. The third kappa shape index (κ3) is 12.5. The number of carbonyl (C=O) groups is 2. The normalized spacial score (nSPS) is 22.8. The Morgan fingerprint density at radius 1 is 0.841 bits per heavy atom. The van der Waals surface area contributed by atoms with Crippen LogP contribution in [0.5, 0.6) is 0 Å². The van der Waals surface area contributed by atoms with Crippen molar-refractivity contribution in [2.24, 2.45) is 23.7 Å². The minimum atomic E-state index is -0.388. The molecule has 1 unspecified atom stereocenters. The summed E-state index contributed by atoms with van der Waals surface area (Å²) >= 11 is 0. The van der Waals surface area contributed by atoms with E-state index in [1.54, 1.807) is 12.5 Å². The van der Waals surface area contributed by atoms with E-state index >= 15 is 0 Å². The maximum atomic E-state index is 12.4. The molecule has 1 aromatic carbocycles. The molecule has 0 amide bonds. The van der Waals surface area contributed by atoms with Crippen molar-refractivity contribution in [2.75, 3.05) is 33.9 Å². The van der Waals surface area contributed by atoms with Gasteiger partial charge >= 0.3 is 11.9 Å². The van der Waals surface area contributed by atoms with E-state index in [4.69, 9.17) is 9.47 Å². The third-order valence-electron chi connectivity index (χ3n) is 10.1. The van der Waals surface area contributed by atoms with Crippen molar-refractivity contribution in [3.63, 3.8) is 0 Å². The van der Waals surface area contributed by atoms with Gasteiger partial charge in [-0.1, -0.05) is 82.9 Å². The van der Waals surface area contributed by atoms with Crippen LogP contribution in [0.25, 0.3) is 0 Å². The summed E-state index contributed by atoms with van der Waals surface area (Å²) in [7, 11) is 3.79. The third-order valence-corrected chi connectivity index (χ3v) is 10.1. The van der Waals surface area contributed by atoms with Crippen molar-refractivity contribution < 1.29 is 19.1 Å². The molecule has 2 fully saturated rings. The van der Waals surface area contributed by atoms with Gasteiger partial charge < -0.3 is 14.4 Å². The number of rotatable bonds is 18. The Balaban J connectivity index is 1.36. The van der Waals surface area contributed by atoms with Crippen molar-refractivity contribution in [2.45, 2.75) is 116 Å². The molecule has 5 heteroatoms. The van der Waals surface area contributed by atoms with Crippen molar-refractivity contribution in [1.82, 2.24) is 4.90 Å². The molecule has 0 aromatic heterocycles. The van der Waals surface area contributed by atoms with Crippen LogP contribution in [0.3, 0.4) is 0 Å². The van der Waals surface area contributed by atoms with Crippen molar-refractivity contribution >= 4 is 11.9 Å². The van der Waals surface area contributed by atoms with Crippen molar-refractivity contribution in [1.29, 1.82) is 0 Å². The molecule has 246 valence electrons. The first-order chi connectivity index (χ1) is 21.2. The number of nitrogens with zero attached hydrogens (tertiary/aromatic N) is 1. The van der Waals surface area contributed by atoms with Gasteiger partial charge in [-0.3, -0.25) is 0 Å². The SMILES string of the molecule is C=C(C)C(=O)OCC(CCCC1CCC(C2CCC(c3ccc(CCCCC)cc3)CC2)CC1)COC(=O)C(=C)CN(C)C. The Kier molecular flexibility index (Phi) is 15.7. The number of esters is 2. The lowest BCUT2D eigenvalue weighted by Gasteiger charge is -2.38. The van der Waals surface area contributed by atoms with Crippen LogP contribution in [-0.2, 0) is 25.5 Å². The van der Waals surface area contributed by atoms with E-state index in [0.29, 0.717) is 17.7 Å². The predicted octanol–water partition coefficient (Wildman–Crippen LogP) is 9.07. The highest BCUT2D eigenvalue weighted by atomic mass is 16.5. The molecule has 0 aliphatic heterocycles. The second kappa shape index (κ2) is 19.2. The summed E-state index contributed by atoms with van der Waals surface area (Å²) in [5.41, 5.74) is 3.88. The molecule has 5 nitrogen and oxygen atoms in total. The van der Waals surface area contributed by atoms with E-state index in [2.05, 4.69) is 44.3 Å². The summed E-state index contributed by atoms with van der Waals surface area (Å²) in [4.78, 5) is 26.3. The zero-order valence-corrected chi connectivity index (χ0v) is 28.4. The van der Waals surface area contributed by atoms with Crippen LogP contribution in [0.4, 0.5) is 0 Å². The van der Waals surface area contributed by atoms with Gasteiger partial charge in [-0.15, -0.1) is 0 Å². The first-order valence-corrected chi connectivity index (χ1v) is 17.6. The number of ether oxygens (including phenoxy) is 2. The highest BCUT2D eigenvalue weighted by molar-refractivity contribution is 5.88. The highest BCUT2D eigenvalue weighted by Gasteiger charge is 2.31. The molecule has 1 atom stereocenters. The molecule has 2 aliphatic rings. The van der Waals surface area contributed by atoms with Gasteiger partial charge in [-0.2, -0.15) is 0 Å². The molecule has 0 bridgehead atoms. The van der Waals surface area contributed by atoms with E-state index in [1.165, 1.54) is 89.0 Å². The summed E-state index contributed by atoms with van der Waals surface area (Å²) in [6.07, 6.45) is 19.2. The van der Waals surface area contributed by atoms with Crippen LogP contribution in [0.15, 0.2) is 48.6 Å². The molecular weight excluding hydrogens is 546 g/mol. The molecular formula is C39H61NO4. The van der Waals surface area contributed by atoms with Gasteiger partial charge in [0.25, 0.3) is 0 Å². The van der Waals surface area contributed by atoms with Gasteiger partial charge in [-0.05, 0) is 114 Å². The van der Waals surface area contributed by atoms with Gasteiger partial charge in [0.15, 0.2) is 0 Å². The molecule has 3 rings (SSSR count). The van der Waals surface area contributed by atoms with Crippen LogP contribution in [0, 0.1) is 23.7 Å². The topological polar surface area (TPSA) is 55.8 Å². The molecule has 0 radical (unpaired) electrons. The number of benzene rings is 1. The minimum absolute atomic E-state index is 0.0156. The highest BCUT2D eigenvalue weighted by Crippen LogP contribution is 2.44. The van der Waals surface area contributed by atoms with Crippen LogP contribution < -0.4 is 0 Å². The van der Waals surface area contributed by atoms with Crippen molar-refractivity contribution in [3.8, 4) is 0 Å². The van der Waals surface area contributed by atoms with Crippen LogP contribution in [-0.4, -0.2) is 50.7 Å². The molecule has 0 N–H and O–H groups in total. The van der Waals surface area contributed by atoms with Gasteiger partial charge in [0, 0.05) is 23.6 Å². The lowest BCUT2D eigenvalue weighted by atomic mass is 9.68. The Bertz CT molecular complexity index is 1030. The van der Waals surface area contributed by atoms with E-state index in [1.807, 2.05) is 19.0 Å². The Morgan fingerprint density at radius 3 is 2.00 bits per heavy atom. The average Bonchev–Trinajstić information content (AvgIpc) is 3.02. The lowest BCUT2D eigenvalue weighted by molar-refractivity contribution is -0.144. The molecule has 1 aromatic rings.